The molecule has 2 rings (SSSR count). The van der Waals surface area contributed by atoms with Gasteiger partial charge in [-0.1, -0.05) is 24.2 Å². The van der Waals surface area contributed by atoms with E-state index in [0.29, 0.717) is 5.56 Å². The van der Waals surface area contributed by atoms with Crippen molar-refractivity contribution in [2.45, 2.75) is 37.7 Å². The van der Waals surface area contributed by atoms with E-state index < -0.39 is 33.5 Å². The lowest BCUT2D eigenvalue weighted by Crippen LogP contribution is -2.12. The third kappa shape index (κ3) is 3.49. The summed E-state index contributed by atoms with van der Waals surface area (Å²) in [6.45, 7) is 3.75. The third-order valence-corrected chi connectivity index (χ3v) is 4.59. The van der Waals surface area contributed by atoms with Gasteiger partial charge in [-0.15, -0.1) is 5.10 Å². The first-order valence-electron chi connectivity index (χ1n) is 6.51. The smallest absolute Gasteiger partial charge is 0.281 e. The molecule has 22 heavy (non-hydrogen) atoms. The van der Waals surface area contributed by atoms with E-state index in [2.05, 4.69) is 15.5 Å². The van der Waals surface area contributed by atoms with Gasteiger partial charge >= 0.3 is 0 Å². The summed E-state index contributed by atoms with van der Waals surface area (Å²) in [6, 6.07) is 0. The Morgan fingerprint density at radius 1 is 1.27 bits per heavy atom. The van der Waals surface area contributed by atoms with E-state index in [4.69, 9.17) is 4.52 Å². The number of aromatic nitrogens is 4. The molecule has 0 amide bonds. The number of hydrogen-bond donors (Lipinski definition) is 0. The largest absolute Gasteiger partial charge is 0.364 e. The van der Waals surface area contributed by atoms with E-state index in [1.807, 2.05) is 13.8 Å². The molecule has 0 aliphatic rings. The summed E-state index contributed by atoms with van der Waals surface area (Å²) in [7, 11) is -2.44. The number of alkyl halides is 2. The van der Waals surface area contributed by atoms with Crippen LogP contribution in [-0.4, -0.2) is 28.6 Å². The zero-order chi connectivity index (χ0) is 16.5. The summed E-state index contributed by atoms with van der Waals surface area (Å²) in [5.74, 6) is -0.967. The Balaban J connectivity index is 2.24. The zero-order valence-electron chi connectivity index (χ0n) is 12.3. The van der Waals surface area contributed by atoms with Crippen molar-refractivity contribution in [3.8, 4) is 0 Å². The minimum atomic E-state index is -3.73. The molecular weight excluding hydrogens is 318 g/mol. The number of halogens is 2. The van der Waals surface area contributed by atoms with Gasteiger partial charge in [0.25, 0.3) is 6.43 Å². The molecule has 0 saturated carbocycles. The minimum absolute atomic E-state index is 0.0459. The first kappa shape index (κ1) is 16.5. The summed E-state index contributed by atoms with van der Waals surface area (Å²) >= 11 is 0. The zero-order valence-corrected chi connectivity index (χ0v) is 13.1. The van der Waals surface area contributed by atoms with Gasteiger partial charge in [0.05, 0.1) is 11.5 Å². The maximum absolute atomic E-state index is 12.9. The van der Waals surface area contributed by atoms with Gasteiger partial charge < -0.3 is 4.52 Å². The Kier molecular flexibility index (Phi) is 4.59. The molecule has 0 radical (unpaired) electrons. The third-order valence-electron chi connectivity index (χ3n) is 3.16. The second kappa shape index (κ2) is 6.11. The first-order chi connectivity index (χ1) is 10.2. The molecule has 0 aliphatic carbocycles. The lowest BCUT2D eigenvalue weighted by Gasteiger charge is -2.06. The highest BCUT2D eigenvalue weighted by molar-refractivity contribution is 7.89. The van der Waals surface area contributed by atoms with E-state index >= 15 is 0 Å². The van der Waals surface area contributed by atoms with Crippen LogP contribution in [0.1, 0.15) is 48.8 Å². The van der Waals surface area contributed by atoms with Crippen molar-refractivity contribution in [3.05, 3.63) is 28.9 Å². The molecule has 0 aliphatic heterocycles. The molecule has 0 aromatic carbocycles. The Hall–Kier alpha value is -1.84. The summed E-state index contributed by atoms with van der Waals surface area (Å²) in [5.41, 5.74) is 0.231. The predicted molar refractivity (Wildman–Crippen MR) is 72.9 cm³/mol. The fraction of sp³-hybridized carbons (Fsp3) is 0.583. The van der Waals surface area contributed by atoms with Gasteiger partial charge in [0, 0.05) is 12.6 Å². The highest BCUT2D eigenvalue weighted by Gasteiger charge is 2.26. The van der Waals surface area contributed by atoms with Gasteiger partial charge in [0.15, 0.2) is 9.84 Å². The Morgan fingerprint density at radius 2 is 1.91 bits per heavy atom. The van der Waals surface area contributed by atoms with Crippen LogP contribution in [0.3, 0.4) is 0 Å². The van der Waals surface area contributed by atoms with E-state index in [1.54, 1.807) is 0 Å². The SMILES string of the molecule is CC(C)c1conc1CS(=O)(=O)Cc1nnn(C)c1C(F)F. The maximum Gasteiger partial charge on any atom is 0.281 e. The number of nitrogens with zero attached hydrogens (tertiary/aromatic N) is 4. The van der Waals surface area contributed by atoms with Gasteiger partial charge in [-0.2, -0.15) is 0 Å². The van der Waals surface area contributed by atoms with Crippen molar-refractivity contribution in [2.75, 3.05) is 0 Å². The average molecular weight is 334 g/mol. The first-order valence-corrected chi connectivity index (χ1v) is 8.33. The highest BCUT2D eigenvalue weighted by Crippen LogP contribution is 2.24. The minimum Gasteiger partial charge on any atom is -0.364 e. The summed E-state index contributed by atoms with van der Waals surface area (Å²) in [4.78, 5) is 0. The molecule has 0 fully saturated rings. The number of rotatable bonds is 6. The molecule has 2 aromatic rings. The van der Waals surface area contributed by atoms with Gasteiger partial charge in [-0.3, -0.25) is 0 Å². The number of aryl methyl sites for hydroxylation is 1. The highest BCUT2D eigenvalue weighted by atomic mass is 32.2. The fourth-order valence-corrected chi connectivity index (χ4v) is 3.45. The molecular formula is C12H16F2N4O3S. The van der Waals surface area contributed by atoms with Crippen molar-refractivity contribution < 1.29 is 21.7 Å². The summed E-state index contributed by atoms with van der Waals surface area (Å²) in [5, 5.41) is 10.7. The van der Waals surface area contributed by atoms with Crippen LogP contribution in [0.5, 0.6) is 0 Å². The molecule has 0 unspecified atom stereocenters. The maximum atomic E-state index is 12.9. The van der Waals surface area contributed by atoms with E-state index in [9.17, 15) is 17.2 Å². The lowest BCUT2D eigenvalue weighted by atomic mass is 10.1. The predicted octanol–water partition coefficient (Wildman–Crippen LogP) is 1.98. The van der Waals surface area contributed by atoms with E-state index in [-0.39, 0.29) is 17.3 Å². The Morgan fingerprint density at radius 3 is 2.50 bits per heavy atom. The normalized spacial score (nSPS) is 12.5. The molecule has 7 nitrogen and oxygen atoms in total. The van der Waals surface area contributed by atoms with Crippen LogP contribution in [0.15, 0.2) is 10.8 Å². The molecule has 0 atom stereocenters. The van der Waals surface area contributed by atoms with Crippen molar-refractivity contribution in [1.29, 1.82) is 0 Å². The van der Waals surface area contributed by atoms with Crippen LogP contribution in [0.25, 0.3) is 0 Å². The molecule has 2 heterocycles. The number of sulfone groups is 1. The van der Waals surface area contributed by atoms with Crippen LogP contribution in [0.4, 0.5) is 8.78 Å². The summed E-state index contributed by atoms with van der Waals surface area (Å²) in [6.07, 6.45) is -1.45. The monoisotopic (exact) mass is 334 g/mol. The van der Waals surface area contributed by atoms with Crippen molar-refractivity contribution in [3.63, 3.8) is 0 Å². The van der Waals surface area contributed by atoms with Gasteiger partial charge in [-0.25, -0.2) is 21.9 Å². The van der Waals surface area contributed by atoms with Crippen LogP contribution in [-0.2, 0) is 28.4 Å². The van der Waals surface area contributed by atoms with E-state index in [1.165, 1.54) is 13.3 Å². The van der Waals surface area contributed by atoms with Crippen LogP contribution < -0.4 is 0 Å². The van der Waals surface area contributed by atoms with Crippen molar-refractivity contribution in [2.24, 2.45) is 7.05 Å². The average Bonchev–Trinajstić information content (AvgIpc) is 2.95. The quantitative estimate of drug-likeness (QED) is 0.802. The van der Waals surface area contributed by atoms with Crippen LogP contribution in [0.2, 0.25) is 0 Å². The fourth-order valence-electron chi connectivity index (χ4n) is 2.09. The van der Waals surface area contributed by atoms with Crippen molar-refractivity contribution >= 4 is 9.84 Å². The van der Waals surface area contributed by atoms with Crippen molar-refractivity contribution in [1.82, 2.24) is 20.2 Å². The molecule has 122 valence electrons. The topological polar surface area (TPSA) is 90.9 Å². The molecule has 0 bridgehead atoms. The van der Waals surface area contributed by atoms with Gasteiger partial charge in [0.1, 0.15) is 23.3 Å². The Labute approximate surface area is 126 Å². The molecule has 2 aromatic heterocycles. The Bertz CT molecular complexity index is 752. The molecule has 0 saturated heterocycles. The molecule has 10 heteroatoms. The van der Waals surface area contributed by atoms with Gasteiger partial charge in [0.2, 0.25) is 0 Å². The molecule has 0 N–H and O–H groups in total. The standard InChI is InChI=1S/C12H16F2N4O3S/c1-7(2)8-4-21-16-9(8)5-22(19,20)6-10-11(12(13)14)18(3)17-15-10/h4,7,12H,5-6H2,1-3H3. The van der Waals surface area contributed by atoms with Crippen LogP contribution in [0, 0.1) is 0 Å². The molecule has 0 spiro atoms. The summed E-state index contributed by atoms with van der Waals surface area (Å²) < 4.78 is 56.0. The second-order valence-corrected chi connectivity index (χ2v) is 7.31. The second-order valence-electron chi connectivity index (χ2n) is 5.25. The van der Waals surface area contributed by atoms with E-state index in [0.717, 1.165) is 4.68 Å². The van der Waals surface area contributed by atoms with Gasteiger partial charge in [-0.05, 0) is 5.92 Å². The lowest BCUT2D eigenvalue weighted by molar-refractivity contribution is 0.140. The number of hydrogen-bond acceptors (Lipinski definition) is 6. The van der Waals surface area contributed by atoms with Crippen LogP contribution >= 0.6 is 0 Å².